The average Bonchev–Trinajstić information content (AvgIpc) is 3.57. The second-order valence-electron chi connectivity index (χ2n) is 8.22. The fraction of sp³-hybridized carbons (Fsp3) is 0.160. The van der Waals surface area contributed by atoms with Crippen molar-refractivity contribution in [1.82, 2.24) is 28.9 Å². The minimum Gasteiger partial charge on any atom is -0.340 e. The van der Waals surface area contributed by atoms with Crippen LogP contribution < -0.4 is 15.5 Å². The van der Waals surface area contributed by atoms with Gasteiger partial charge in [0.2, 0.25) is 10.0 Å². The van der Waals surface area contributed by atoms with Gasteiger partial charge in [0.1, 0.15) is 5.82 Å². The van der Waals surface area contributed by atoms with E-state index in [1.165, 1.54) is 0 Å². The summed E-state index contributed by atoms with van der Waals surface area (Å²) >= 11 is 0. The molecule has 11 heteroatoms. The molecule has 0 amide bonds. The molecule has 9 nitrogen and oxygen atoms in total. The highest BCUT2D eigenvalue weighted by Gasteiger charge is 2.15. The highest BCUT2D eigenvalue weighted by atomic mass is 32.2. The molecule has 2 N–H and O–H groups in total. The molecule has 3 heterocycles. The molecule has 0 bridgehead atoms. The first kappa shape index (κ1) is 23.8. The van der Waals surface area contributed by atoms with Crippen LogP contribution in [0.15, 0.2) is 90.5 Å². The molecule has 0 spiro atoms. The Morgan fingerprint density at radius 2 is 1.86 bits per heavy atom. The maximum Gasteiger partial charge on any atom is 0.240 e. The number of imidazole rings is 1. The van der Waals surface area contributed by atoms with Crippen molar-refractivity contribution in [2.45, 2.75) is 24.7 Å². The summed E-state index contributed by atoms with van der Waals surface area (Å²) in [5.74, 6) is 0.722. The van der Waals surface area contributed by atoms with Gasteiger partial charge < -0.3 is 9.88 Å². The average molecular weight is 498 g/mol. The number of benzene rings is 2. The Balaban J connectivity index is 1.34. The molecule has 0 aliphatic heterocycles. The van der Waals surface area contributed by atoms with E-state index in [9.17, 15) is 8.42 Å². The Morgan fingerprint density at radius 3 is 2.58 bits per heavy atom. The van der Waals surface area contributed by atoms with E-state index in [-0.39, 0.29) is 4.90 Å². The van der Waals surface area contributed by atoms with E-state index in [0.29, 0.717) is 19.5 Å². The van der Waals surface area contributed by atoms with Gasteiger partial charge in [0.05, 0.1) is 16.9 Å². The minimum absolute atomic E-state index is 0.211. The number of aromatic nitrogens is 5. The first-order chi connectivity index (χ1) is 17.5. The van der Waals surface area contributed by atoms with Gasteiger partial charge in [0.15, 0.2) is 12.9 Å². The minimum atomic E-state index is -3.60. The second kappa shape index (κ2) is 10.3. The molecule has 181 valence electrons. The Hall–Kier alpha value is -3.96. The number of rotatable bonds is 10. The standard InChI is InChI=1S/C25H25BN7O2S/c1-26-22-17-28-33-24(16-23(31-25(22)33)19-6-3-2-4-7-19)30-20-8-10-21(11-9-20)36(34,35)29-12-5-14-32-15-13-27-18-32/h2-4,6-11,13,15-18,29-30H,5,12,14H2,1H3. The molecule has 1 radical (unpaired) electrons. The zero-order valence-corrected chi connectivity index (χ0v) is 20.6. The molecule has 5 aromatic rings. The molecule has 0 aliphatic rings. The molecular formula is C25H25BN7O2S. The Kier molecular flexibility index (Phi) is 6.83. The van der Waals surface area contributed by atoms with Crippen LogP contribution in [0, 0.1) is 0 Å². The van der Waals surface area contributed by atoms with Crippen molar-refractivity contribution in [3.8, 4) is 11.3 Å². The normalized spacial score (nSPS) is 11.6. The number of nitrogens with zero attached hydrogens (tertiary/aromatic N) is 5. The second-order valence-corrected chi connectivity index (χ2v) is 9.98. The molecule has 0 saturated carbocycles. The Bertz CT molecular complexity index is 1550. The van der Waals surface area contributed by atoms with Crippen LogP contribution in [0.5, 0.6) is 0 Å². The third-order valence-electron chi connectivity index (χ3n) is 5.76. The van der Waals surface area contributed by atoms with Crippen LogP contribution in [0.4, 0.5) is 11.5 Å². The highest BCUT2D eigenvalue weighted by Crippen LogP contribution is 2.24. The summed E-state index contributed by atoms with van der Waals surface area (Å²) in [6.07, 6.45) is 7.70. The van der Waals surface area contributed by atoms with Gasteiger partial charge in [-0.1, -0.05) is 37.2 Å². The summed E-state index contributed by atoms with van der Waals surface area (Å²) in [6.45, 7) is 2.99. The lowest BCUT2D eigenvalue weighted by atomic mass is 9.75. The van der Waals surface area contributed by atoms with Gasteiger partial charge >= 0.3 is 0 Å². The smallest absolute Gasteiger partial charge is 0.240 e. The van der Waals surface area contributed by atoms with Gasteiger partial charge in [-0.05, 0) is 36.1 Å². The zero-order valence-electron chi connectivity index (χ0n) is 19.7. The van der Waals surface area contributed by atoms with E-state index in [1.807, 2.05) is 61.3 Å². The highest BCUT2D eigenvalue weighted by molar-refractivity contribution is 7.89. The topological polar surface area (TPSA) is 106 Å². The first-order valence-corrected chi connectivity index (χ1v) is 13.1. The van der Waals surface area contributed by atoms with Crippen LogP contribution in [0.25, 0.3) is 16.9 Å². The van der Waals surface area contributed by atoms with Gasteiger partial charge in [0.25, 0.3) is 0 Å². The number of anilines is 2. The lowest BCUT2D eigenvalue weighted by Crippen LogP contribution is -2.25. The van der Waals surface area contributed by atoms with E-state index >= 15 is 0 Å². The Labute approximate surface area is 210 Å². The maximum atomic E-state index is 12.7. The molecule has 0 saturated heterocycles. The summed E-state index contributed by atoms with van der Waals surface area (Å²) in [5.41, 5.74) is 4.20. The zero-order chi connectivity index (χ0) is 25.0. The molecule has 3 aromatic heterocycles. The predicted octanol–water partition coefficient (Wildman–Crippen LogP) is 3.08. The number of hydrogen-bond acceptors (Lipinski definition) is 6. The molecule has 2 aromatic carbocycles. The van der Waals surface area contributed by atoms with Crippen molar-refractivity contribution in [1.29, 1.82) is 0 Å². The molecule has 36 heavy (non-hydrogen) atoms. The van der Waals surface area contributed by atoms with Crippen LogP contribution in [0.3, 0.4) is 0 Å². The summed E-state index contributed by atoms with van der Waals surface area (Å²) < 4.78 is 31.7. The van der Waals surface area contributed by atoms with Gasteiger partial charge in [0, 0.05) is 49.0 Å². The maximum absolute atomic E-state index is 12.7. The molecule has 0 atom stereocenters. The van der Waals surface area contributed by atoms with Crippen LogP contribution in [-0.4, -0.2) is 46.4 Å². The van der Waals surface area contributed by atoms with Crippen LogP contribution in [0.1, 0.15) is 6.42 Å². The molecule has 0 unspecified atom stereocenters. The van der Waals surface area contributed by atoms with Crippen molar-refractivity contribution in [2.24, 2.45) is 0 Å². The van der Waals surface area contributed by atoms with Crippen molar-refractivity contribution in [2.75, 3.05) is 11.9 Å². The lowest BCUT2D eigenvalue weighted by molar-refractivity contribution is 0.570. The summed E-state index contributed by atoms with van der Waals surface area (Å²) in [4.78, 5) is 9.01. The van der Waals surface area contributed by atoms with E-state index in [4.69, 9.17) is 4.98 Å². The van der Waals surface area contributed by atoms with Crippen molar-refractivity contribution in [3.63, 3.8) is 0 Å². The number of aryl methyl sites for hydroxylation is 1. The third kappa shape index (κ3) is 5.17. The van der Waals surface area contributed by atoms with Crippen molar-refractivity contribution in [3.05, 3.63) is 85.6 Å². The largest absolute Gasteiger partial charge is 0.340 e. The number of nitrogens with one attached hydrogen (secondary N) is 2. The number of hydrogen-bond donors (Lipinski definition) is 2. The number of sulfonamides is 1. The van der Waals surface area contributed by atoms with E-state index < -0.39 is 10.0 Å². The van der Waals surface area contributed by atoms with Crippen LogP contribution in [-0.2, 0) is 16.6 Å². The summed E-state index contributed by atoms with van der Waals surface area (Å²) in [5, 5.41) is 7.85. The quantitative estimate of drug-likeness (QED) is 0.227. The molecule has 0 fully saturated rings. The summed E-state index contributed by atoms with van der Waals surface area (Å²) in [6, 6.07) is 18.5. The Morgan fingerprint density at radius 1 is 1.06 bits per heavy atom. The van der Waals surface area contributed by atoms with Gasteiger partial charge in [-0.15, -0.1) is 0 Å². The van der Waals surface area contributed by atoms with Crippen LogP contribution in [0.2, 0.25) is 6.82 Å². The molecule has 0 aliphatic carbocycles. The third-order valence-corrected chi connectivity index (χ3v) is 7.24. The van der Waals surface area contributed by atoms with Crippen molar-refractivity contribution >= 4 is 39.9 Å². The predicted molar refractivity (Wildman–Crippen MR) is 141 cm³/mol. The van der Waals surface area contributed by atoms with Gasteiger partial charge in [-0.2, -0.15) is 9.61 Å². The summed E-state index contributed by atoms with van der Waals surface area (Å²) in [7, 11) is -1.63. The molecule has 5 rings (SSSR count). The monoisotopic (exact) mass is 498 g/mol. The number of fused-ring (bicyclic) bond motifs is 1. The SMILES string of the molecule is C[B]c1cnn2c(Nc3ccc(S(=O)(=O)NCCCn4ccnc4)cc3)cc(-c3ccccc3)nc12. The van der Waals surface area contributed by atoms with Gasteiger partial charge in [-0.25, -0.2) is 23.1 Å². The first-order valence-electron chi connectivity index (χ1n) is 11.6. The fourth-order valence-corrected chi connectivity index (χ4v) is 4.94. The lowest BCUT2D eigenvalue weighted by Gasteiger charge is -2.12. The van der Waals surface area contributed by atoms with Crippen molar-refractivity contribution < 1.29 is 8.42 Å². The van der Waals surface area contributed by atoms with E-state index in [2.05, 4.69) is 20.1 Å². The fourth-order valence-electron chi connectivity index (χ4n) is 3.87. The van der Waals surface area contributed by atoms with E-state index in [0.717, 1.165) is 33.9 Å². The molecular weight excluding hydrogens is 473 g/mol. The van der Waals surface area contributed by atoms with E-state index in [1.54, 1.807) is 47.5 Å². The van der Waals surface area contributed by atoms with Crippen LogP contribution >= 0.6 is 0 Å². The van der Waals surface area contributed by atoms with Gasteiger partial charge in [-0.3, -0.25) is 0 Å².